The molecular formula is C21H25FN10O11P2. The van der Waals surface area contributed by atoms with E-state index < -0.39 is 78.0 Å². The second kappa shape index (κ2) is 10.9. The first kappa shape index (κ1) is 30.3. The number of fused-ring (bicyclic) bond motifs is 5. The van der Waals surface area contributed by atoms with Crippen LogP contribution in [-0.4, -0.2) is 99.8 Å². The molecule has 8 N–H and O–H groups in total. The summed E-state index contributed by atoms with van der Waals surface area (Å²) in [6, 6.07) is 0. The zero-order chi connectivity index (χ0) is 31.8. The monoisotopic (exact) mass is 674 g/mol. The van der Waals surface area contributed by atoms with Gasteiger partial charge in [0.2, 0.25) is 0 Å². The van der Waals surface area contributed by atoms with E-state index in [0.717, 1.165) is 6.33 Å². The molecule has 4 aliphatic rings. The number of hydrogen-bond acceptors (Lipinski definition) is 17. The van der Waals surface area contributed by atoms with Crippen LogP contribution in [0, 0.1) is 0 Å². The number of phosphoric ester groups is 2. The van der Waals surface area contributed by atoms with Crippen molar-refractivity contribution in [3.63, 3.8) is 0 Å². The van der Waals surface area contributed by atoms with Gasteiger partial charge >= 0.3 is 15.6 Å². The molecule has 3 aromatic rings. The molecule has 7 heterocycles. The van der Waals surface area contributed by atoms with Gasteiger partial charge in [-0.15, -0.1) is 0 Å². The quantitative estimate of drug-likeness (QED) is 0.184. The molecule has 2 bridgehead atoms. The minimum absolute atomic E-state index is 0.0365. The van der Waals surface area contributed by atoms with Crippen molar-refractivity contribution in [3.8, 4) is 0 Å². The lowest BCUT2D eigenvalue weighted by atomic mass is 10.1. The van der Waals surface area contributed by atoms with Crippen molar-refractivity contribution in [2.24, 2.45) is 10.7 Å². The second-order valence-electron chi connectivity index (χ2n) is 10.2. The highest BCUT2D eigenvalue weighted by Crippen LogP contribution is 2.54. The Hall–Kier alpha value is -3.40. The molecule has 3 saturated heterocycles. The highest BCUT2D eigenvalue weighted by molar-refractivity contribution is 7.47. The van der Waals surface area contributed by atoms with E-state index in [1.54, 1.807) is 0 Å². The van der Waals surface area contributed by atoms with Crippen LogP contribution in [0.2, 0.25) is 0 Å². The number of ether oxygens (including phenoxy) is 2. The number of phosphoric acid groups is 2. The van der Waals surface area contributed by atoms with Gasteiger partial charge in [0.25, 0.3) is 0 Å². The van der Waals surface area contributed by atoms with Crippen LogP contribution in [-0.2, 0) is 36.7 Å². The molecular weight excluding hydrogens is 649 g/mol. The third-order valence-electron chi connectivity index (χ3n) is 7.38. The maximum Gasteiger partial charge on any atom is 0.472 e. The Bertz CT molecular complexity index is 1810. The molecule has 7 rings (SSSR count). The molecule has 3 aromatic heterocycles. The van der Waals surface area contributed by atoms with Gasteiger partial charge in [-0.2, -0.15) is 4.99 Å². The molecule has 45 heavy (non-hydrogen) atoms. The number of anilines is 1. The molecule has 0 aromatic carbocycles. The van der Waals surface area contributed by atoms with Crippen molar-refractivity contribution in [1.82, 2.24) is 34.4 Å². The van der Waals surface area contributed by atoms with E-state index in [-0.39, 0.29) is 40.2 Å². The summed E-state index contributed by atoms with van der Waals surface area (Å²) < 4.78 is 76.7. The van der Waals surface area contributed by atoms with Crippen molar-refractivity contribution in [2.45, 2.75) is 49.1 Å². The Morgan fingerprint density at radius 2 is 1.62 bits per heavy atom. The molecule has 10 atom stereocenters. The standard InChI is InChI=1S/C21H25FN10O11P2/c1-7-11-18(30-21(24)29-7)32(5-27-11)20-15-10(22)8(40-20)2-38-44(34,35)42-14-9(3-39-45(36,37)43-15)41-19(13(14)33)31-6-28-12-16(23)25-4-26-17(12)31/h4-6,8-10,13-15,19-20,33H,1-3H2,(H,34,35)(H,36,37)(H2,23,25,26)(H3,24,29,30)/t8-,9-,10?,13?,14-,15-,19-,20-/m1/s1. The van der Waals surface area contributed by atoms with Crippen molar-refractivity contribution >= 4 is 50.1 Å². The first-order valence-corrected chi connectivity index (χ1v) is 16.1. The summed E-state index contributed by atoms with van der Waals surface area (Å²) in [5, 5.41) is 13.8. The first-order valence-electron chi connectivity index (χ1n) is 13.1. The molecule has 0 saturated carbocycles. The molecule has 4 aliphatic heterocycles. The lowest BCUT2D eigenvalue weighted by molar-refractivity contribution is -0.0676. The molecule has 0 spiro atoms. The summed E-state index contributed by atoms with van der Waals surface area (Å²) in [7, 11) is -10.2. The van der Waals surface area contributed by atoms with Crippen LogP contribution < -0.4 is 16.8 Å². The SMILES string of the molecule is C=C1NC(N)=Nc2c1ncn2[C@@H]1O[C@@H]2COP(=O)(O)O[C@H]3C(O)[C@H](n4cnc5c(N)ncnc54)O[C@@H]3COP(=O)(O)O[C@@H]1C2F. The highest BCUT2D eigenvalue weighted by atomic mass is 31.2. The summed E-state index contributed by atoms with van der Waals surface area (Å²) in [6.45, 7) is 2.05. The Kier molecular flexibility index (Phi) is 7.30. The summed E-state index contributed by atoms with van der Waals surface area (Å²) in [5.41, 5.74) is 12.4. The van der Waals surface area contributed by atoms with Crippen molar-refractivity contribution in [2.75, 3.05) is 18.9 Å². The van der Waals surface area contributed by atoms with Crippen LogP contribution in [0.15, 0.2) is 30.6 Å². The number of nitrogens with two attached hydrogens (primary N) is 2. The van der Waals surface area contributed by atoms with E-state index in [9.17, 15) is 24.0 Å². The van der Waals surface area contributed by atoms with Crippen molar-refractivity contribution < 1.29 is 56.0 Å². The molecule has 21 nitrogen and oxygen atoms in total. The van der Waals surface area contributed by atoms with Gasteiger partial charge < -0.3 is 41.2 Å². The number of alkyl halides is 1. The molecule has 242 valence electrons. The maximum atomic E-state index is 15.8. The Morgan fingerprint density at radius 1 is 0.956 bits per heavy atom. The number of aliphatic hydroxyl groups excluding tert-OH is 1. The predicted molar refractivity (Wildman–Crippen MR) is 145 cm³/mol. The van der Waals surface area contributed by atoms with E-state index >= 15 is 4.39 Å². The fourth-order valence-electron chi connectivity index (χ4n) is 5.36. The minimum atomic E-state index is -5.14. The molecule has 0 aliphatic carbocycles. The Balaban J connectivity index is 1.19. The molecule has 3 fully saturated rings. The van der Waals surface area contributed by atoms with E-state index in [4.69, 9.17) is 39.0 Å². The number of hydrogen-bond donors (Lipinski definition) is 6. The van der Waals surface area contributed by atoms with E-state index in [0.29, 0.717) is 0 Å². The summed E-state index contributed by atoms with van der Waals surface area (Å²) in [6.07, 6.45) is -9.87. The van der Waals surface area contributed by atoms with Gasteiger partial charge in [0.1, 0.15) is 48.1 Å². The third kappa shape index (κ3) is 5.32. The minimum Gasteiger partial charge on any atom is -0.386 e. The van der Waals surface area contributed by atoms with Crippen molar-refractivity contribution in [1.29, 1.82) is 0 Å². The molecule has 24 heteroatoms. The van der Waals surface area contributed by atoms with Crippen LogP contribution in [0.4, 0.5) is 16.0 Å². The zero-order valence-corrected chi connectivity index (χ0v) is 24.4. The molecule has 0 radical (unpaired) electrons. The van der Waals surface area contributed by atoms with Crippen LogP contribution in [0.3, 0.4) is 0 Å². The van der Waals surface area contributed by atoms with Crippen molar-refractivity contribution in [3.05, 3.63) is 31.3 Å². The third-order valence-corrected chi connectivity index (χ3v) is 9.35. The van der Waals surface area contributed by atoms with Crippen LogP contribution in [0.1, 0.15) is 18.1 Å². The van der Waals surface area contributed by atoms with E-state index in [2.05, 4.69) is 36.8 Å². The number of halogens is 1. The lowest BCUT2D eigenvalue weighted by Gasteiger charge is -2.26. The average Bonchev–Trinajstić information content (AvgIpc) is 3.72. The number of imidazole rings is 2. The van der Waals surface area contributed by atoms with Gasteiger partial charge in [0, 0.05) is 0 Å². The Morgan fingerprint density at radius 3 is 2.38 bits per heavy atom. The molecule has 4 unspecified atom stereocenters. The van der Waals surface area contributed by atoms with E-state index in [1.165, 1.54) is 21.8 Å². The zero-order valence-electron chi connectivity index (χ0n) is 22.6. The second-order valence-corrected chi connectivity index (χ2v) is 13.1. The normalized spacial score (nSPS) is 38.8. The van der Waals surface area contributed by atoms with Gasteiger partial charge in [-0.25, -0.2) is 33.5 Å². The number of nitrogens with zero attached hydrogens (tertiary/aromatic N) is 7. The topological polar surface area (TPSA) is 288 Å². The number of aromatic nitrogens is 6. The average molecular weight is 674 g/mol. The smallest absolute Gasteiger partial charge is 0.386 e. The van der Waals surface area contributed by atoms with Crippen LogP contribution >= 0.6 is 15.6 Å². The summed E-state index contributed by atoms with van der Waals surface area (Å²) >= 11 is 0. The number of aliphatic imine (C=N–C) groups is 1. The number of nitrogens with one attached hydrogen (secondary N) is 1. The summed E-state index contributed by atoms with van der Waals surface area (Å²) in [5.74, 6) is 0.0366. The fourth-order valence-corrected chi connectivity index (χ4v) is 7.25. The highest BCUT2D eigenvalue weighted by Gasteiger charge is 2.54. The maximum absolute atomic E-state index is 15.8. The van der Waals surface area contributed by atoms with Gasteiger partial charge in [-0.3, -0.25) is 27.2 Å². The Labute approximate surface area is 250 Å². The predicted octanol–water partition coefficient (Wildman–Crippen LogP) is -0.663. The van der Waals surface area contributed by atoms with Gasteiger partial charge in [0.05, 0.1) is 31.6 Å². The van der Waals surface area contributed by atoms with Gasteiger partial charge in [-0.1, -0.05) is 6.58 Å². The van der Waals surface area contributed by atoms with Crippen LogP contribution in [0.5, 0.6) is 0 Å². The fraction of sp³-hybridized carbons (Fsp3) is 0.476. The first-order chi connectivity index (χ1) is 21.3. The molecule has 0 amide bonds. The van der Waals surface area contributed by atoms with Gasteiger partial charge in [0.15, 0.2) is 41.9 Å². The lowest BCUT2D eigenvalue weighted by Crippen LogP contribution is -2.36. The van der Waals surface area contributed by atoms with E-state index in [1.807, 2.05) is 0 Å². The van der Waals surface area contributed by atoms with Gasteiger partial charge in [-0.05, 0) is 0 Å². The number of aliphatic hydroxyl groups is 1. The number of nitrogen functional groups attached to an aromatic ring is 1. The number of rotatable bonds is 2. The van der Waals surface area contributed by atoms with Crippen LogP contribution in [0.25, 0.3) is 16.9 Å². The largest absolute Gasteiger partial charge is 0.472 e. The summed E-state index contributed by atoms with van der Waals surface area (Å²) in [4.78, 5) is 41.5. The number of guanidine groups is 1.